The van der Waals surface area contributed by atoms with E-state index < -0.39 is 0 Å². The average Bonchev–Trinajstić information content (AvgIpc) is 3.14. The molecule has 0 saturated heterocycles. The summed E-state index contributed by atoms with van der Waals surface area (Å²) < 4.78 is 22.0. The molecule has 38 heavy (non-hydrogen) atoms. The van der Waals surface area contributed by atoms with Gasteiger partial charge in [-0.25, -0.2) is 0 Å². The lowest BCUT2D eigenvalue weighted by Gasteiger charge is -2.27. The van der Waals surface area contributed by atoms with Gasteiger partial charge in [0.05, 0.1) is 28.4 Å². The third kappa shape index (κ3) is 6.62. The number of benzene rings is 3. The molecule has 6 heteroatoms. The van der Waals surface area contributed by atoms with Gasteiger partial charge in [0.2, 0.25) is 0 Å². The molecular formula is C32H40N2O4. The van der Waals surface area contributed by atoms with E-state index in [9.17, 15) is 0 Å². The van der Waals surface area contributed by atoms with Crippen molar-refractivity contribution >= 4 is 6.08 Å². The fourth-order valence-electron chi connectivity index (χ4n) is 5.08. The second-order valence-corrected chi connectivity index (χ2v) is 9.71. The smallest absolute Gasteiger partial charge is 0.161 e. The van der Waals surface area contributed by atoms with Gasteiger partial charge in [0.15, 0.2) is 23.0 Å². The summed E-state index contributed by atoms with van der Waals surface area (Å²) >= 11 is 0. The molecule has 0 amide bonds. The maximum absolute atomic E-state index is 5.64. The minimum absolute atomic E-state index is 0.240. The Morgan fingerprint density at radius 1 is 0.789 bits per heavy atom. The summed E-state index contributed by atoms with van der Waals surface area (Å²) in [6, 6.07) is 21.1. The molecule has 4 rings (SSSR count). The van der Waals surface area contributed by atoms with Crippen molar-refractivity contribution in [3.63, 3.8) is 0 Å². The van der Waals surface area contributed by atoms with Gasteiger partial charge in [-0.05, 0) is 85.2 Å². The Balaban J connectivity index is 1.39. The van der Waals surface area contributed by atoms with E-state index in [1.165, 1.54) is 22.3 Å². The number of hydrogen-bond donors (Lipinski definition) is 0. The number of hydrogen-bond acceptors (Lipinski definition) is 6. The highest BCUT2D eigenvalue weighted by atomic mass is 16.5. The molecule has 1 heterocycles. The molecule has 0 radical (unpaired) electrons. The monoisotopic (exact) mass is 516 g/mol. The molecule has 202 valence electrons. The zero-order valence-corrected chi connectivity index (χ0v) is 23.3. The van der Waals surface area contributed by atoms with Crippen LogP contribution in [-0.2, 0) is 6.42 Å². The van der Waals surface area contributed by atoms with Crippen molar-refractivity contribution < 1.29 is 18.9 Å². The summed E-state index contributed by atoms with van der Waals surface area (Å²) in [5.74, 6) is 3.31. The van der Waals surface area contributed by atoms with E-state index >= 15 is 0 Å². The van der Waals surface area contributed by atoms with Crippen molar-refractivity contribution in [3.05, 3.63) is 89.1 Å². The van der Waals surface area contributed by atoms with Crippen molar-refractivity contribution in [3.8, 4) is 23.0 Å². The molecule has 3 aromatic carbocycles. The van der Waals surface area contributed by atoms with E-state index in [0.717, 1.165) is 62.0 Å². The fourth-order valence-corrected chi connectivity index (χ4v) is 5.08. The van der Waals surface area contributed by atoms with Crippen LogP contribution in [-0.4, -0.2) is 71.5 Å². The van der Waals surface area contributed by atoms with Crippen LogP contribution in [0.2, 0.25) is 0 Å². The van der Waals surface area contributed by atoms with Crippen molar-refractivity contribution in [2.75, 3.05) is 61.7 Å². The second-order valence-electron chi connectivity index (χ2n) is 9.71. The first kappa shape index (κ1) is 27.4. The van der Waals surface area contributed by atoms with Crippen LogP contribution in [0.3, 0.4) is 0 Å². The van der Waals surface area contributed by atoms with Crippen LogP contribution < -0.4 is 18.9 Å². The quantitative estimate of drug-likeness (QED) is 0.308. The van der Waals surface area contributed by atoms with E-state index in [4.69, 9.17) is 18.9 Å². The molecule has 1 aliphatic heterocycles. The SMILES string of the molecule is COc1ccc(CCN(C)CCCN2C=Cc3cc(OC)c(OC)cc3C(c3ccccc3)C2)cc1OC. The second kappa shape index (κ2) is 13.2. The number of nitrogens with zero attached hydrogens (tertiary/aromatic N) is 2. The minimum atomic E-state index is 0.240. The molecule has 1 unspecified atom stereocenters. The van der Waals surface area contributed by atoms with E-state index in [1.807, 2.05) is 6.07 Å². The topological polar surface area (TPSA) is 43.4 Å². The zero-order chi connectivity index (χ0) is 26.9. The molecule has 0 saturated carbocycles. The van der Waals surface area contributed by atoms with Gasteiger partial charge in [-0.2, -0.15) is 0 Å². The molecule has 1 atom stereocenters. The summed E-state index contributed by atoms with van der Waals surface area (Å²) in [5, 5.41) is 0. The van der Waals surface area contributed by atoms with Crippen LogP contribution in [0.4, 0.5) is 0 Å². The van der Waals surface area contributed by atoms with E-state index in [-0.39, 0.29) is 5.92 Å². The van der Waals surface area contributed by atoms with Crippen molar-refractivity contribution in [1.29, 1.82) is 0 Å². The molecule has 0 N–H and O–H groups in total. The molecule has 0 bridgehead atoms. The van der Waals surface area contributed by atoms with Crippen LogP contribution in [0.5, 0.6) is 23.0 Å². The summed E-state index contributed by atoms with van der Waals surface area (Å²) in [4.78, 5) is 4.84. The van der Waals surface area contributed by atoms with Crippen LogP contribution in [0.15, 0.2) is 66.9 Å². The first-order valence-electron chi connectivity index (χ1n) is 13.2. The van der Waals surface area contributed by atoms with Gasteiger partial charge >= 0.3 is 0 Å². The standard InChI is InChI=1S/C32H40N2O4/c1-33(18-14-24-12-13-29(35-2)30(20-24)36-3)16-9-17-34-19-15-26-21-31(37-4)32(38-5)22-27(26)28(23-34)25-10-7-6-8-11-25/h6-8,10-13,15,19-22,28H,9,14,16-18,23H2,1-5H3. The molecule has 0 spiro atoms. The van der Waals surface area contributed by atoms with Gasteiger partial charge in [0.1, 0.15) is 0 Å². The lowest BCUT2D eigenvalue weighted by molar-refractivity contribution is 0.294. The first-order valence-corrected chi connectivity index (χ1v) is 13.2. The molecule has 1 aliphatic rings. The first-order chi connectivity index (χ1) is 18.6. The van der Waals surface area contributed by atoms with Gasteiger partial charge in [-0.1, -0.05) is 36.4 Å². The molecule has 0 aliphatic carbocycles. The Morgan fingerprint density at radius 3 is 2.18 bits per heavy atom. The fraction of sp³-hybridized carbons (Fsp3) is 0.375. The molecule has 0 aromatic heterocycles. The number of methoxy groups -OCH3 is 4. The lowest BCUT2D eigenvalue weighted by Crippen LogP contribution is -2.29. The Hall–Kier alpha value is -3.64. The van der Waals surface area contributed by atoms with E-state index in [0.29, 0.717) is 0 Å². The minimum Gasteiger partial charge on any atom is -0.493 e. The Bertz CT molecular complexity index is 1210. The van der Waals surface area contributed by atoms with Gasteiger partial charge in [0.25, 0.3) is 0 Å². The van der Waals surface area contributed by atoms with E-state index in [1.54, 1.807) is 28.4 Å². The van der Waals surface area contributed by atoms with Crippen molar-refractivity contribution in [1.82, 2.24) is 9.80 Å². The van der Waals surface area contributed by atoms with Crippen molar-refractivity contribution in [2.45, 2.75) is 18.8 Å². The van der Waals surface area contributed by atoms with Crippen molar-refractivity contribution in [2.24, 2.45) is 0 Å². The van der Waals surface area contributed by atoms with Crippen LogP contribution in [0.1, 0.15) is 34.6 Å². The zero-order valence-electron chi connectivity index (χ0n) is 23.3. The van der Waals surface area contributed by atoms with Crippen LogP contribution >= 0.6 is 0 Å². The van der Waals surface area contributed by atoms with E-state index in [2.05, 4.69) is 83.7 Å². The normalized spacial score (nSPS) is 14.7. The third-order valence-corrected chi connectivity index (χ3v) is 7.26. The van der Waals surface area contributed by atoms with Gasteiger partial charge in [-0.3, -0.25) is 0 Å². The average molecular weight is 517 g/mol. The largest absolute Gasteiger partial charge is 0.493 e. The van der Waals surface area contributed by atoms with Crippen LogP contribution in [0.25, 0.3) is 6.08 Å². The number of fused-ring (bicyclic) bond motifs is 1. The number of ether oxygens (including phenoxy) is 4. The number of rotatable bonds is 12. The maximum atomic E-state index is 5.64. The van der Waals surface area contributed by atoms with Gasteiger partial charge in [0, 0.05) is 25.6 Å². The number of likely N-dealkylation sites (N-methyl/N-ethyl adjacent to an activating group) is 1. The predicted octanol–water partition coefficient (Wildman–Crippen LogP) is 5.70. The molecule has 0 fully saturated rings. The maximum Gasteiger partial charge on any atom is 0.161 e. The highest BCUT2D eigenvalue weighted by Crippen LogP contribution is 2.39. The Labute approximate surface area is 227 Å². The summed E-state index contributed by atoms with van der Waals surface area (Å²) in [7, 11) is 8.92. The van der Waals surface area contributed by atoms with Crippen LogP contribution in [0, 0.1) is 0 Å². The summed E-state index contributed by atoms with van der Waals surface area (Å²) in [5.41, 5.74) is 4.99. The summed E-state index contributed by atoms with van der Waals surface area (Å²) in [6.45, 7) is 3.92. The predicted molar refractivity (Wildman–Crippen MR) is 154 cm³/mol. The Morgan fingerprint density at radius 2 is 1.47 bits per heavy atom. The molecule has 6 nitrogen and oxygen atoms in total. The summed E-state index contributed by atoms with van der Waals surface area (Å²) in [6.07, 6.45) is 6.49. The lowest BCUT2D eigenvalue weighted by atomic mass is 9.88. The molecular weight excluding hydrogens is 476 g/mol. The highest BCUT2D eigenvalue weighted by molar-refractivity contribution is 5.63. The highest BCUT2D eigenvalue weighted by Gasteiger charge is 2.24. The molecule has 3 aromatic rings. The Kier molecular flexibility index (Phi) is 9.55. The third-order valence-electron chi connectivity index (χ3n) is 7.26. The van der Waals surface area contributed by atoms with Gasteiger partial charge in [-0.15, -0.1) is 0 Å². The van der Waals surface area contributed by atoms with Gasteiger partial charge < -0.3 is 28.7 Å².